The Bertz CT molecular complexity index is 453. The minimum Gasteiger partial charge on any atom is -0.383 e. The fourth-order valence-corrected chi connectivity index (χ4v) is 2.98. The summed E-state index contributed by atoms with van der Waals surface area (Å²) >= 11 is 6.16. The van der Waals surface area contributed by atoms with Gasteiger partial charge in [0.15, 0.2) is 0 Å². The Morgan fingerprint density at radius 2 is 2.24 bits per heavy atom. The van der Waals surface area contributed by atoms with Gasteiger partial charge in [-0.3, -0.25) is 0 Å². The lowest BCUT2D eigenvalue weighted by molar-refractivity contribution is 0.199. The quantitative estimate of drug-likeness (QED) is 0.782. The summed E-state index contributed by atoms with van der Waals surface area (Å²) in [5.74, 6) is 0. The zero-order chi connectivity index (χ0) is 15.2. The van der Waals surface area contributed by atoms with Crippen molar-refractivity contribution in [3.63, 3.8) is 0 Å². The van der Waals surface area contributed by atoms with Crippen molar-refractivity contribution in [3.8, 4) is 0 Å². The highest BCUT2D eigenvalue weighted by atomic mass is 35.5. The molecule has 1 fully saturated rings. The van der Waals surface area contributed by atoms with E-state index >= 15 is 0 Å². The second kappa shape index (κ2) is 7.99. The van der Waals surface area contributed by atoms with Crippen molar-refractivity contribution in [2.45, 2.75) is 19.0 Å². The Kier molecular flexibility index (Phi) is 6.30. The van der Waals surface area contributed by atoms with Gasteiger partial charge in [-0.2, -0.15) is 0 Å². The molecule has 1 aromatic rings. The number of halogens is 1. The van der Waals surface area contributed by atoms with Gasteiger partial charge in [-0.05, 0) is 44.3 Å². The summed E-state index contributed by atoms with van der Waals surface area (Å²) in [6.07, 6.45) is 1.21. The van der Waals surface area contributed by atoms with Crippen LogP contribution in [0.1, 0.15) is 12.0 Å². The fourth-order valence-electron chi connectivity index (χ4n) is 2.78. The number of anilines is 1. The van der Waals surface area contributed by atoms with Crippen LogP contribution in [0.15, 0.2) is 18.2 Å². The molecule has 0 amide bonds. The Labute approximate surface area is 133 Å². The molecule has 5 heteroatoms. The number of nitrogens with zero attached hydrogens (tertiary/aromatic N) is 2. The minimum absolute atomic E-state index is 0.634. The molecular weight excluding hydrogens is 286 g/mol. The van der Waals surface area contributed by atoms with Crippen molar-refractivity contribution in [2.75, 3.05) is 52.3 Å². The maximum atomic E-state index is 6.16. The largest absolute Gasteiger partial charge is 0.383 e. The standard InChI is InChI=1S/C16H26ClN3O/c1-19(2)15-6-8-20(12-15)16-5-4-14(17)10-13(16)11-18-7-9-21-3/h4-5,10,15,18H,6-9,11-12H2,1-3H3. The molecule has 1 unspecified atom stereocenters. The summed E-state index contributed by atoms with van der Waals surface area (Å²) in [5, 5.41) is 4.20. The van der Waals surface area contributed by atoms with Gasteiger partial charge in [-0.1, -0.05) is 11.6 Å². The van der Waals surface area contributed by atoms with Crippen LogP contribution in [0.3, 0.4) is 0 Å². The van der Waals surface area contributed by atoms with Crippen molar-refractivity contribution in [3.05, 3.63) is 28.8 Å². The molecule has 0 aliphatic carbocycles. The molecule has 21 heavy (non-hydrogen) atoms. The highest BCUT2D eigenvalue weighted by molar-refractivity contribution is 6.30. The first kappa shape index (κ1) is 16.6. The zero-order valence-corrected chi connectivity index (χ0v) is 14.0. The molecule has 1 N–H and O–H groups in total. The first-order valence-electron chi connectivity index (χ1n) is 7.51. The number of likely N-dealkylation sites (N-methyl/N-ethyl adjacent to an activating group) is 1. The van der Waals surface area contributed by atoms with E-state index in [-0.39, 0.29) is 0 Å². The van der Waals surface area contributed by atoms with Crippen molar-refractivity contribution < 1.29 is 4.74 Å². The molecule has 1 heterocycles. The zero-order valence-electron chi connectivity index (χ0n) is 13.2. The highest BCUT2D eigenvalue weighted by Crippen LogP contribution is 2.28. The molecule has 1 aliphatic heterocycles. The van der Waals surface area contributed by atoms with Gasteiger partial charge in [0.25, 0.3) is 0 Å². The average molecular weight is 312 g/mol. The van der Waals surface area contributed by atoms with Crippen LogP contribution in [0.5, 0.6) is 0 Å². The van der Waals surface area contributed by atoms with Gasteiger partial charge in [0, 0.05) is 50.0 Å². The van der Waals surface area contributed by atoms with Crippen LogP contribution in [-0.2, 0) is 11.3 Å². The predicted molar refractivity (Wildman–Crippen MR) is 89.3 cm³/mol. The van der Waals surface area contributed by atoms with Crippen molar-refractivity contribution in [2.24, 2.45) is 0 Å². The van der Waals surface area contributed by atoms with Crippen LogP contribution >= 0.6 is 11.6 Å². The smallest absolute Gasteiger partial charge is 0.0587 e. The maximum Gasteiger partial charge on any atom is 0.0587 e. The lowest BCUT2D eigenvalue weighted by Gasteiger charge is -2.24. The molecule has 4 nitrogen and oxygen atoms in total. The van der Waals surface area contributed by atoms with E-state index in [0.29, 0.717) is 6.04 Å². The molecule has 118 valence electrons. The van der Waals surface area contributed by atoms with Gasteiger partial charge in [-0.15, -0.1) is 0 Å². The molecule has 0 bridgehead atoms. The van der Waals surface area contributed by atoms with Crippen molar-refractivity contribution in [1.29, 1.82) is 0 Å². The Balaban J connectivity index is 2.04. The molecule has 0 aromatic heterocycles. The molecule has 2 rings (SSSR count). The van der Waals surface area contributed by atoms with Crippen molar-refractivity contribution in [1.82, 2.24) is 10.2 Å². The Morgan fingerprint density at radius 1 is 1.43 bits per heavy atom. The number of hydrogen-bond donors (Lipinski definition) is 1. The molecule has 0 saturated carbocycles. The highest BCUT2D eigenvalue weighted by Gasteiger charge is 2.25. The molecule has 0 spiro atoms. The maximum absolute atomic E-state index is 6.16. The molecule has 1 aliphatic rings. The molecule has 1 saturated heterocycles. The van der Waals surface area contributed by atoms with Crippen LogP contribution in [0.4, 0.5) is 5.69 Å². The number of hydrogen-bond acceptors (Lipinski definition) is 4. The van der Waals surface area contributed by atoms with Gasteiger partial charge in [0.2, 0.25) is 0 Å². The van der Waals surface area contributed by atoms with Gasteiger partial charge < -0.3 is 19.9 Å². The van der Waals surface area contributed by atoms with E-state index < -0.39 is 0 Å². The summed E-state index contributed by atoms with van der Waals surface area (Å²) in [5.41, 5.74) is 2.56. The fraction of sp³-hybridized carbons (Fsp3) is 0.625. The molecular formula is C16H26ClN3O. The summed E-state index contributed by atoms with van der Waals surface area (Å²) in [4.78, 5) is 4.78. The lowest BCUT2D eigenvalue weighted by atomic mass is 10.1. The number of methoxy groups -OCH3 is 1. The third-order valence-corrected chi connectivity index (χ3v) is 4.31. The lowest BCUT2D eigenvalue weighted by Crippen LogP contribution is -2.32. The van der Waals surface area contributed by atoms with Crippen LogP contribution < -0.4 is 10.2 Å². The van der Waals surface area contributed by atoms with E-state index in [1.807, 2.05) is 6.07 Å². The van der Waals surface area contributed by atoms with Crippen LogP contribution in [0, 0.1) is 0 Å². The summed E-state index contributed by atoms with van der Waals surface area (Å²) in [6.45, 7) is 4.59. The van der Waals surface area contributed by atoms with E-state index in [9.17, 15) is 0 Å². The third kappa shape index (κ3) is 4.58. The number of benzene rings is 1. The van der Waals surface area contributed by atoms with E-state index in [1.54, 1.807) is 7.11 Å². The first-order chi connectivity index (χ1) is 10.1. The van der Waals surface area contributed by atoms with E-state index in [4.69, 9.17) is 16.3 Å². The van der Waals surface area contributed by atoms with E-state index in [2.05, 4.69) is 41.3 Å². The van der Waals surface area contributed by atoms with Crippen LogP contribution in [0.2, 0.25) is 5.02 Å². The van der Waals surface area contributed by atoms with Gasteiger partial charge in [0.1, 0.15) is 0 Å². The number of rotatable bonds is 7. The minimum atomic E-state index is 0.634. The number of nitrogens with one attached hydrogen (secondary N) is 1. The van der Waals surface area contributed by atoms with Gasteiger partial charge in [0.05, 0.1) is 6.61 Å². The van der Waals surface area contributed by atoms with E-state index in [1.165, 1.54) is 17.7 Å². The molecule has 1 atom stereocenters. The molecule has 1 aromatic carbocycles. The first-order valence-corrected chi connectivity index (χ1v) is 7.89. The van der Waals surface area contributed by atoms with Crippen molar-refractivity contribution >= 4 is 17.3 Å². The average Bonchev–Trinajstić information content (AvgIpc) is 2.93. The Hall–Kier alpha value is -0.810. The van der Waals surface area contributed by atoms with Gasteiger partial charge in [-0.25, -0.2) is 0 Å². The Morgan fingerprint density at radius 3 is 2.90 bits per heavy atom. The van der Waals surface area contributed by atoms with Crippen LogP contribution in [0.25, 0.3) is 0 Å². The number of ether oxygens (including phenoxy) is 1. The monoisotopic (exact) mass is 311 g/mol. The second-order valence-corrected chi connectivity index (χ2v) is 6.23. The predicted octanol–water partition coefficient (Wildman–Crippen LogP) is 2.22. The van der Waals surface area contributed by atoms with E-state index in [0.717, 1.165) is 37.8 Å². The summed E-state index contributed by atoms with van der Waals surface area (Å²) < 4.78 is 5.07. The normalized spacial score (nSPS) is 18.7. The SMILES string of the molecule is COCCNCc1cc(Cl)ccc1N1CCC(N(C)C)C1. The van der Waals surface area contributed by atoms with Gasteiger partial charge >= 0.3 is 0 Å². The summed E-state index contributed by atoms with van der Waals surface area (Å²) in [7, 11) is 6.03. The second-order valence-electron chi connectivity index (χ2n) is 5.79. The summed E-state index contributed by atoms with van der Waals surface area (Å²) in [6, 6.07) is 6.83. The third-order valence-electron chi connectivity index (χ3n) is 4.07. The molecule has 0 radical (unpaired) electrons. The topological polar surface area (TPSA) is 27.7 Å². The van der Waals surface area contributed by atoms with Crippen LogP contribution in [-0.4, -0.2) is 58.4 Å².